The fraction of sp³-hybridized carbons (Fsp3) is 0.200. The summed E-state index contributed by atoms with van der Waals surface area (Å²) in [6.07, 6.45) is 0. The number of hydrogen-bond acceptors (Lipinski definition) is 1. The zero-order valence-electron chi connectivity index (χ0n) is 10.5. The molecule has 0 aliphatic heterocycles. The average Bonchev–Trinajstić information content (AvgIpc) is 2.41. The molecule has 0 saturated heterocycles. The Labute approximate surface area is 126 Å². The van der Waals surface area contributed by atoms with Gasteiger partial charge in [0.05, 0.1) is 0 Å². The lowest BCUT2D eigenvalue weighted by atomic mass is 10.1. The van der Waals surface area contributed by atoms with E-state index in [2.05, 4.69) is 15.9 Å². The number of benzene rings is 2. The van der Waals surface area contributed by atoms with E-state index in [1.54, 1.807) is 12.1 Å². The van der Waals surface area contributed by atoms with Crippen LogP contribution in [0.1, 0.15) is 11.1 Å². The summed E-state index contributed by atoms with van der Waals surface area (Å²) in [7, 11) is 1.95. The maximum atomic E-state index is 13.7. The van der Waals surface area contributed by atoms with Crippen LogP contribution in [0.4, 0.5) is 10.1 Å². The van der Waals surface area contributed by atoms with Gasteiger partial charge in [-0.1, -0.05) is 45.7 Å². The number of rotatable bonds is 4. The second kappa shape index (κ2) is 6.40. The minimum Gasteiger partial charge on any atom is -0.370 e. The van der Waals surface area contributed by atoms with Crippen LogP contribution in [-0.4, -0.2) is 7.05 Å². The number of hydrogen-bond donors (Lipinski definition) is 0. The molecule has 0 saturated carbocycles. The van der Waals surface area contributed by atoms with Gasteiger partial charge in [-0.05, 0) is 29.8 Å². The molecule has 0 amide bonds. The standard InChI is InChI=1S/C15H14BrClFN/c1-19(10-11-4-2-3-5-14(11)18)15-7-6-13(17)8-12(15)9-16/h2-8H,9-10H2,1H3. The van der Waals surface area contributed by atoms with Crippen molar-refractivity contribution in [2.45, 2.75) is 11.9 Å². The molecule has 0 atom stereocenters. The molecular formula is C15H14BrClFN. The number of anilines is 1. The highest BCUT2D eigenvalue weighted by molar-refractivity contribution is 9.08. The Morgan fingerprint density at radius 3 is 2.58 bits per heavy atom. The zero-order chi connectivity index (χ0) is 13.8. The van der Waals surface area contributed by atoms with Gasteiger partial charge >= 0.3 is 0 Å². The van der Waals surface area contributed by atoms with Gasteiger partial charge in [-0.3, -0.25) is 0 Å². The van der Waals surface area contributed by atoms with E-state index in [9.17, 15) is 4.39 Å². The van der Waals surface area contributed by atoms with E-state index >= 15 is 0 Å². The Balaban J connectivity index is 2.25. The minimum atomic E-state index is -0.177. The lowest BCUT2D eigenvalue weighted by Gasteiger charge is -2.22. The summed E-state index contributed by atoms with van der Waals surface area (Å²) in [6, 6.07) is 12.6. The van der Waals surface area contributed by atoms with Gasteiger partial charge in [0.1, 0.15) is 5.82 Å². The molecule has 0 bridgehead atoms. The number of halogens is 3. The fourth-order valence-corrected chi connectivity index (χ4v) is 2.64. The summed E-state index contributed by atoms with van der Waals surface area (Å²) in [5, 5.41) is 1.42. The van der Waals surface area contributed by atoms with Crippen molar-refractivity contribution < 1.29 is 4.39 Å². The zero-order valence-corrected chi connectivity index (χ0v) is 12.9. The summed E-state index contributed by atoms with van der Waals surface area (Å²) in [4.78, 5) is 2.02. The van der Waals surface area contributed by atoms with Crippen molar-refractivity contribution in [1.29, 1.82) is 0 Å². The minimum absolute atomic E-state index is 0.177. The van der Waals surface area contributed by atoms with Crippen molar-refractivity contribution in [3.63, 3.8) is 0 Å². The van der Waals surface area contributed by atoms with Crippen LogP contribution in [0.25, 0.3) is 0 Å². The third kappa shape index (κ3) is 3.48. The summed E-state index contributed by atoms with van der Waals surface area (Å²) in [6.45, 7) is 0.522. The van der Waals surface area contributed by atoms with Crippen LogP contribution in [0.3, 0.4) is 0 Å². The predicted molar refractivity (Wildman–Crippen MR) is 82.6 cm³/mol. The van der Waals surface area contributed by atoms with Crippen molar-refractivity contribution in [1.82, 2.24) is 0 Å². The molecule has 0 unspecified atom stereocenters. The van der Waals surface area contributed by atoms with Gasteiger partial charge < -0.3 is 4.90 Å². The van der Waals surface area contributed by atoms with Crippen molar-refractivity contribution in [2.24, 2.45) is 0 Å². The molecule has 2 rings (SSSR count). The van der Waals surface area contributed by atoms with Crippen LogP contribution in [0.2, 0.25) is 5.02 Å². The second-order valence-electron chi connectivity index (χ2n) is 4.35. The van der Waals surface area contributed by atoms with Crippen LogP contribution in [0.15, 0.2) is 42.5 Å². The van der Waals surface area contributed by atoms with Gasteiger partial charge in [0.25, 0.3) is 0 Å². The van der Waals surface area contributed by atoms with E-state index in [1.165, 1.54) is 6.07 Å². The maximum Gasteiger partial charge on any atom is 0.128 e. The Hall–Kier alpha value is -1.06. The highest BCUT2D eigenvalue weighted by Crippen LogP contribution is 2.27. The second-order valence-corrected chi connectivity index (χ2v) is 5.35. The molecule has 0 aliphatic rings. The Kier molecular flexibility index (Phi) is 4.83. The first-order valence-electron chi connectivity index (χ1n) is 5.90. The van der Waals surface area contributed by atoms with Crippen molar-refractivity contribution in [3.8, 4) is 0 Å². The third-order valence-corrected chi connectivity index (χ3v) is 3.80. The van der Waals surface area contributed by atoms with Gasteiger partial charge in [0, 0.05) is 35.2 Å². The Morgan fingerprint density at radius 1 is 1.16 bits per heavy atom. The van der Waals surface area contributed by atoms with Crippen molar-refractivity contribution in [3.05, 3.63) is 64.4 Å². The lowest BCUT2D eigenvalue weighted by molar-refractivity contribution is 0.608. The maximum absolute atomic E-state index is 13.7. The first-order valence-corrected chi connectivity index (χ1v) is 7.40. The lowest BCUT2D eigenvalue weighted by Crippen LogP contribution is -2.18. The van der Waals surface area contributed by atoms with Gasteiger partial charge in [-0.25, -0.2) is 4.39 Å². The molecule has 1 nitrogen and oxygen atoms in total. The Morgan fingerprint density at radius 2 is 1.89 bits per heavy atom. The van der Waals surface area contributed by atoms with Crippen molar-refractivity contribution >= 4 is 33.2 Å². The third-order valence-electron chi connectivity index (χ3n) is 2.96. The first kappa shape index (κ1) is 14.4. The molecule has 0 aromatic heterocycles. The molecule has 0 fully saturated rings. The van der Waals surface area contributed by atoms with E-state index in [1.807, 2.05) is 36.2 Å². The summed E-state index contributed by atoms with van der Waals surface area (Å²) < 4.78 is 13.7. The van der Waals surface area contributed by atoms with Crippen LogP contribution in [0, 0.1) is 5.82 Å². The molecule has 0 N–H and O–H groups in total. The quantitative estimate of drug-likeness (QED) is 0.706. The fourth-order valence-electron chi connectivity index (χ4n) is 2.00. The molecular weight excluding hydrogens is 329 g/mol. The molecule has 0 heterocycles. The van der Waals surface area contributed by atoms with Crippen molar-refractivity contribution in [2.75, 3.05) is 11.9 Å². The van der Waals surface area contributed by atoms with E-state index in [-0.39, 0.29) is 5.82 Å². The molecule has 0 spiro atoms. The molecule has 2 aromatic rings. The number of nitrogens with zero attached hydrogens (tertiary/aromatic N) is 1. The normalized spacial score (nSPS) is 10.5. The molecule has 4 heteroatoms. The largest absolute Gasteiger partial charge is 0.370 e. The van der Waals surface area contributed by atoms with Gasteiger partial charge in [0.2, 0.25) is 0 Å². The van der Waals surface area contributed by atoms with Crippen LogP contribution in [-0.2, 0) is 11.9 Å². The SMILES string of the molecule is CN(Cc1ccccc1F)c1ccc(Cl)cc1CBr. The summed E-state index contributed by atoms with van der Waals surface area (Å²) in [5.74, 6) is -0.177. The van der Waals surface area contributed by atoms with Crippen LogP contribution >= 0.6 is 27.5 Å². The smallest absolute Gasteiger partial charge is 0.128 e. The summed E-state index contributed by atoms with van der Waals surface area (Å²) in [5.41, 5.74) is 2.82. The van der Waals surface area contributed by atoms with Crippen LogP contribution < -0.4 is 4.90 Å². The molecule has 19 heavy (non-hydrogen) atoms. The van der Waals surface area contributed by atoms with E-state index in [4.69, 9.17) is 11.6 Å². The van der Waals surface area contributed by atoms with Gasteiger partial charge in [-0.2, -0.15) is 0 Å². The Bertz CT molecular complexity index is 574. The molecule has 100 valence electrons. The topological polar surface area (TPSA) is 3.24 Å². The molecule has 2 aromatic carbocycles. The molecule has 0 radical (unpaired) electrons. The van der Waals surface area contributed by atoms with E-state index in [0.29, 0.717) is 22.5 Å². The van der Waals surface area contributed by atoms with E-state index < -0.39 is 0 Å². The average molecular weight is 343 g/mol. The predicted octanol–water partition coefficient (Wildman–Crippen LogP) is 5.01. The van der Waals surface area contributed by atoms with Gasteiger partial charge in [0.15, 0.2) is 0 Å². The van der Waals surface area contributed by atoms with Crippen LogP contribution in [0.5, 0.6) is 0 Å². The van der Waals surface area contributed by atoms with E-state index in [0.717, 1.165) is 11.3 Å². The van der Waals surface area contributed by atoms with Gasteiger partial charge in [-0.15, -0.1) is 0 Å². The summed E-state index contributed by atoms with van der Waals surface area (Å²) >= 11 is 9.44. The highest BCUT2D eigenvalue weighted by atomic mass is 79.9. The first-order chi connectivity index (χ1) is 9.11. The number of alkyl halides is 1. The highest BCUT2D eigenvalue weighted by Gasteiger charge is 2.10. The molecule has 0 aliphatic carbocycles. The monoisotopic (exact) mass is 341 g/mol.